The third-order valence-corrected chi connectivity index (χ3v) is 3.76. The Labute approximate surface area is 152 Å². The van der Waals surface area contributed by atoms with Gasteiger partial charge in [0.25, 0.3) is 0 Å². The van der Waals surface area contributed by atoms with E-state index >= 15 is 0 Å². The summed E-state index contributed by atoms with van der Waals surface area (Å²) in [6.07, 6.45) is -1.03. The molecule has 0 saturated carbocycles. The van der Waals surface area contributed by atoms with Gasteiger partial charge in [0.15, 0.2) is 0 Å². The highest BCUT2D eigenvalue weighted by atomic mass is 35.5. The van der Waals surface area contributed by atoms with Crippen LogP contribution < -0.4 is 10.1 Å². The molecule has 0 saturated heterocycles. The number of aryl methyl sites for hydroxylation is 1. The molecule has 0 fully saturated rings. The molecule has 0 atom stereocenters. The lowest BCUT2D eigenvalue weighted by Crippen LogP contribution is -2.07. The van der Waals surface area contributed by atoms with E-state index in [0.29, 0.717) is 11.4 Å². The Morgan fingerprint density at radius 2 is 1.96 bits per heavy atom. The number of imidazole rings is 1. The molecule has 2 aromatic heterocycles. The van der Waals surface area contributed by atoms with Crippen molar-refractivity contribution in [3.05, 3.63) is 59.3 Å². The minimum atomic E-state index is -4.51. The number of alkyl halides is 3. The maximum Gasteiger partial charge on any atom is 0.416 e. The third kappa shape index (κ3) is 3.91. The van der Waals surface area contributed by atoms with Crippen LogP contribution in [-0.2, 0) is 6.18 Å². The first-order chi connectivity index (χ1) is 12.3. The van der Waals surface area contributed by atoms with Crippen molar-refractivity contribution in [3.63, 3.8) is 0 Å². The zero-order valence-corrected chi connectivity index (χ0v) is 14.6. The molecule has 0 aliphatic carbocycles. The summed E-state index contributed by atoms with van der Waals surface area (Å²) in [4.78, 5) is 8.04. The summed E-state index contributed by atoms with van der Waals surface area (Å²) in [5.41, 5.74) is 1.22. The molecule has 0 radical (unpaired) electrons. The molecular formula is C17H14ClF3N4O. The summed E-state index contributed by atoms with van der Waals surface area (Å²) in [6, 6.07) is 6.78. The summed E-state index contributed by atoms with van der Waals surface area (Å²) in [5.74, 6) is 0.503. The molecule has 0 spiro atoms. The SMILES string of the molecule is COc1cc(Nc2cc(C(F)(F)F)cc(Cl)n2)ccc1-n1cnc(C)c1. The zero-order valence-electron chi connectivity index (χ0n) is 13.8. The van der Waals surface area contributed by atoms with Crippen LogP contribution in [0.15, 0.2) is 42.9 Å². The van der Waals surface area contributed by atoms with Gasteiger partial charge in [-0.05, 0) is 31.2 Å². The van der Waals surface area contributed by atoms with Crippen LogP contribution in [0.25, 0.3) is 5.69 Å². The van der Waals surface area contributed by atoms with Gasteiger partial charge in [-0.25, -0.2) is 9.97 Å². The molecule has 1 aromatic carbocycles. The maximum atomic E-state index is 12.9. The summed E-state index contributed by atoms with van der Waals surface area (Å²) in [7, 11) is 1.51. The fourth-order valence-corrected chi connectivity index (χ4v) is 2.60. The number of pyridine rings is 1. The summed E-state index contributed by atoms with van der Waals surface area (Å²) < 4.78 is 45.9. The predicted molar refractivity (Wildman–Crippen MR) is 92.4 cm³/mol. The first kappa shape index (κ1) is 18.1. The normalized spacial score (nSPS) is 11.5. The molecule has 2 heterocycles. The molecule has 1 N–H and O–H groups in total. The summed E-state index contributed by atoms with van der Waals surface area (Å²) >= 11 is 5.70. The van der Waals surface area contributed by atoms with Gasteiger partial charge in [-0.2, -0.15) is 13.2 Å². The smallest absolute Gasteiger partial charge is 0.416 e. The van der Waals surface area contributed by atoms with E-state index in [4.69, 9.17) is 16.3 Å². The van der Waals surface area contributed by atoms with Gasteiger partial charge in [-0.1, -0.05) is 11.6 Å². The highest BCUT2D eigenvalue weighted by molar-refractivity contribution is 6.29. The number of ether oxygens (including phenoxy) is 1. The third-order valence-electron chi connectivity index (χ3n) is 3.56. The van der Waals surface area contributed by atoms with Crippen LogP contribution in [0.2, 0.25) is 5.15 Å². The number of nitrogens with zero attached hydrogens (tertiary/aromatic N) is 3. The van der Waals surface area contributed by atoms with Crippen LogP contribution in [0.1, 0.15) is 11.3 Å². The van der Waals surface area contributed by atoms with Crippen molar-refractivity contribution in [1.82, 2.24) is 14.5 Å². The summed E-state index contributed by atoms with van der Waals surface area (Å²) in [5, 5.41) is 2.57. The minimum absolute atomic E-state index is 0.0156. The van der Waals surface area contributed by atoms with E-state index in [1.807, 2.05) is 13.1 Å². The molecule has 136 valence electrons. The molecule has 3 rings (SSSR count). The molecule has 5 nitrogen and oxygen atoms in total. The lowest BCUT2D eigenvalue weighted by atomic mass is 10.2. The number of hydrogen-bond acceptors (Lipinski definition) is 4. The van der Waals surface area contributed by atoms with E-state index in [2.05, 4.69) is 15.3 Å². The molecule has 26 heavy (non-hydrogen) atoms. The van der Waals surface area contributed by atoms with Crippen molar-refractivity contribution >= 4 is 23.1 Å². The molecule has 3 aromatic rings. The zero-order chi connectivity index (χ0) is 18.9. The van der Waals surface area contributed by atoms with E-state index in [1.165, 1.54) is 7.11 Å². The molecule has 9 heteroatoms. The van der Waals surface area contributed by atoms with Crippen LogP contribution in [0, 0.1) is 6.92 Å². The number of methoxy groups -OCH3 is 1. The van der Waals surface area contributed by atoms with Gasteiger partial charge >= 0.3 is 6.18 Å². The number of rotatable bonds is 4. The molecule has 0 unspecified atom stereocenters. The molecule has 0 amide bonds. The van der Waals surface area contributed by atoms with Crippen molar-refractivity contribution in [2.45, 2.75) is 13.1 Å². The fourth-order valence-electron chi connectivity index (χ4n) is 2.39. The molecular weight excluding hydrogens is 369 g/mol. The molecule has 0 aliphatic rings. The van der Waals surface area contributed by atoms with E-state index in [0.717, 1.165) is 23.5 Å². The maximum absolute atomic E-state index is 12.9. The standard InChI is InChI=1S/C17H14ClF3N4O/c1-10-8-25(9-22-10)13-4-3-12(7-14(13)26-2)23-16-6-11(17(19,20)21)5-15(18)24-16/h3-9H,1-2H3,(H,23,24). The highest BCUT2D eigenvalue weighted by Crippen LogP contribution is 2.33. The quantitative estimate of drug-likeness (QED) is 0.645. The van der Waals surface area contributed by atoms with Crippen LogP contribution in [-0.4, -0.2) is 21.6 Å². The minimum Gasteiger partial charge on any atom is -0.494 e. The lowest BCUT2D eigenvalue weighted by molar-refractivity contribution is -0.137. The van der Waals surface area contributed by atoms with Gasteiger partial charge in [0, 0.05) is 18.0 Å². The second-order valence-electron chi connectivity index (χ2n) is 5.50. The van der Waals surface area contributed by atoms with Gasteiger partial charge in [-0.3, -0.25) is 0 Å². The number of nitrogens with one attached hydrogen (secondary N) is 1. The highest BCUT2D eigenvalue weighted by Gasteiger charge is 2.31. The number of benzene rings is 1. The summed E-state index contributed by atoms with van der Waals surface area (Å²) in [6.45, 7) is 1.86. The van der Waals surface area contributed by atoms with Gasteiger partial charge in [0.2, 0.25) is 0 Å². The number of halogens is 4. The van der Waals surface area contributed by atoms with Crippen molar-refractivity contribution in [2.24, 2.45) is 0 Å². The van der Waals surface area contributed by atoms with Gasteiger partial charge in [0.05, 0.1) is 30.4 Å². The topological polar surface area (TPSA) is 52.0 Å². The molecule has 0 bridgehead atoms. The van der Waals surface area contributed by atoms with E-state index in [-0.39, 0.29) is 11.0 Å². The van der Waals surface area contributed by atoms with Crippen molar-refractivity contribution < 1.29 is 17.9 Å². The fraction of sp³-hybridized carbons (Fsp3) is 0.176. The Kier molecular flexibility index (Phi) is 4.78. The Hall–Kier alpha value is -2.74. The van der Waals surface area contributed by atoms with Crippen LogP contribution >= 0.6 is 11.6 Å². The van der Waals surface area contributed by atoms with Crippen molar-refractivity contribution in [2.75, 3.05) is 12.4 Å². The van der Waals surface area contributed by atoms with Gasteiger partial charge < -0.3 is 14.6 Å². The van der Waals surface area contributed by atoms with E-state index in [9.17, 15) is 13.2 Å². The van der Waals surface area contributed by atoms with E-state index < -0.39 is 11.7 Å². The number of hydrogen-bond donors (Lipinski definition) is 1. The first-order valence-corrected chi connectivity index (χ1v) is 7.85. The average molecular weight is 383 g/mol. The average Bonchev–Trinajstić information content (AvgIpc) is 2.99. The number of anilines is 2. The Morgan fingerprint density at radius 1 is 1.19 bits per heavy atom. The Morgan fingerprint density at radius 3 is 2.58 bits per heavy atom. The second kappa shape index (κ2) is 6.87. The largest absolute Gasteiger partial charge is 0.494 e. The van der Waals surface area contributed by atoms with E-state index in [1.54, 1.807) is 29.1 Å². The Balaban J connectivity index is 1.93. The van der Waals surface area contributed by atoms with Gasteiger partial charge in [0.1, 0.15) is 16.7 Å². The lowest BCUT2D eigenvalue weighted by Gasteiger charge is -2.14. The number of aromatic nitrogens is 3. The van der Waals surface area contributed by atoms with Crippen LogP contribution in [0.3, 0.4) is 0 Å². The monoisotopic (exact) mass is 382 g/mol. The Bertz CT molecular complexity index is 940. The van der Waals surface area contributed by atoms with Crippen molar-refractivity contribution in [3.8, 4) is 11.4 Å². The van der Waals surface area contributed by atoms with Crippen molar-refractivity contribution in [1.29, 1.82) is 0 Å². The van der Waals surface area contributed by atoms with Crippen LogP contribution in [0.4, 0.5) is 24.7 Å². The predicted octanol–water partition coefficient (Wildman–Crippen LogP) is 5.00. The molecule has 0 aliphatic heterocycles. The van der Waals surface area contributed by atoms with Crippen LogP contribution in [0.5, 0.6) is 5.75 Å². The first-order valence-electron chi connectivity index (χ1n) is 7.47. The second-order valence-corrected chi connectivity index (χ2v) is 5.88. The van der Waals surface area contributed by atoms with Gasteiger partial charge in [-0.15, -0.1) is 0 Å².